The summed E-state index contributed by atoms with van der Waals surface area (Å²) < 4.78 is 0. The highest BCUT2D eigenvalue weighted by atomic mass is 32.2. The molecule has 1 aliphatic heterocycles. The third-order valence-corrected chi connectivity index (χ3v) is 6.75. The molecule has 6 heteroatoms. The van der Waals surface area contributed by atoms with Crippen LogP contribution in [0.15, 0.2) is 69.8 Å². The van der Waals surface area contributed by atoms with Crippen molar-refractivity contribution in [2.45, 2.75) is 18.4 Å². The van der Waals surface area contributed by atoms with E-state index in [1.54, 1.807) is 29.4 Å². The van der Waals surface area contributed by atoms with E-state index < -0.39 is 0 Å². The number of hydrogen-bond acceptors (Lipinski definition) is 4. The molecule has 0 aliphatic carbocycles. The monoisotopic (exact) mass is 420 g/mol. The zero-order valence-corrected chi connectivity index (χ0v) is 17.8. The van der Waals surface area contributed by atoms with Crippen molar-refractivity contribution in [2.75, 3.05) is 11.9 Å². The Kier molecular flexibility index (Phi) is 5.56. The molecule has 4 nitrogen and oxygen atoms in total. The molecule has 0 unspecified atom stereocenters. The van der Waals surface area contributed by atoms with Gasteiger partial charge in [0.25, 0.3) is 11.8 Å². The summed E-state index contributed by atoms with van der Waals surface area (Å²) in [4.78, 5) is 29.8. The number of anilines is 1. The number of thiophene rings is 1. The summed E-state index contributed by atoms with van der Waals surface area (Å²) in [7, 11) is 1.75. The number of carbonyl (C=O) groups excluding carboxylic acids is 2. The van der Waals surface area contributed by atoms with Crippen LogP contribution in [0.25, 0.3) is 6.08 Å². The van der Waals surface area contributed by atoms with Crippen LogP contribution in [-0.4, -0.2) is 18.9 Å². The minimum absolute atomic E-state index is 0.0677. The lowest BCUT2D eigenvalue weighted by atomic mass is 10.1. The fourth-order valence-corrected chi connectivity index (χ4v) is 4.84. The Balaban J connectivity index is 1.57. The fourth-order valence-electron chi connectivity index (χ4n) is 3.11. The second kappa shape index (κ2) is 8.27. The van der Waals surface area contributed by atoms with Crippen LogP contribution in [0, 0.1) is 6.92 Å². The molecule has 0 radical (unpaired) electrons. The smallest absolute Gasteiger partial charge is 0.264 e. The summed E-state index contributed by atoms with van der Waals surface area (Å²) >= 11 is 3.05. The maximum absolute atomic E-state index is 12.9. The summed E-state index contributed by atoms with van der Waals surface area (Å²) in [6.45, 7) is 2.53. The van der Waals surface area contributed by atoms with E-state index >= 15 is 0 Å². The van der Waals surface area contributed by atoms with Crippen molar-refractivity contribution in [2.24, 2.45) is 0 Å². The molecular weight excluding hydrogens is 400 g/mol. The molecule has 0 saturated heterocycles. The predicted molar refractivity (Wildman–Crippen MR) is 120 cm³/mol. The summed E-state index contributed by atoms with van der Waals surface area (Å²) in [5.41, 5.74) is 3.46. The van der Waals surface area contributed by atoms with Crippen LogP contribution in [0.4, 0.5) is 5.69 Å². The SMILES string of the molecule is Cc1ccccc1/C=C1\Sc2ccc(C(=O)NCc3cccs3)cc2N(C)C1=O. The molecule has 4 rings (SSSR count). The Hall–Kier alpha value is -2.83. The van der Waals surface area contributed by atoms with Gasteiger partial charge in [-0.25, -0.2) is 0 Å². The van der Waals surface area contributed by atoms with Crippen LogP contribution in [0.2, 0.25) is 0 Å². The predicted octanol–water partition coefficient (Wildman–Crippen LogP) is 5.10. The van der Waals surface area contributed by atoms with Gasteiger partial charge in [0.05, 0.1) is 17.1 Å². The second-order valence-corrected chi connectivity index (χ2v) is 8.89. The van der Waals surface area contributed by atoms with Gasteiger partial charge in [-0.15, -0.1) is 11.3 Å². The number of hydrogen-bond donors (Lipinski definition) is 1. The molecule has 2 heterocycles. The quantitative estimate of drug-likeness (QED) is 0.598. The molecule has 3 aromatic rings. The third kappa shape index (κ3) is 4.13. The maximum Gasteiger partial charge on any atom is 0.264 e. The van der Waals surface area contributed by atoms with Crippen LogP contribution in [0.1, 0.15) is 26.4 Å². The maximum atomic E-state index is 12.9. The lowest BCUT2D eigenvalue weighted by Gasteiger charge is -2.27. The number of benzene rings is 2. The van der Waals surface area contributed by atoms with Gasteiger partial charge >= 0.3 is 0 Å². The van der Waals surface area contributed by atoms with Crippen molar-refractivity contribution in [1.82, 2.24) is 5.32 Å². The minimum Gasteiger partial charge on any atom is -0.347 e. The molecule has 0 saturated carbocycles. The molecule has 29 heavy (non-hydrogen) atoms. The van der Waals surface area contributed by atoms with Gasteiger partial charge in [-0.3, -0.25) is 9.59 Å². The van der Waals surface area contributed by atoms with Gasteiger partial charge in [-0.2, -0.15) is 0 Å². The molecule has 0 atom stereocenters. The van der Waals surface area contributed by atoms with E-state index in [1.807, 2.05) is 66.9 Å². The van der Waals surface area contributed by atoms with E-state index in [9.17, 15) is 9.59 Å². The van der Waals surface area contributed by atoms with Crippen molar-refractivity contribution in [3.05, 3.63) is 86.5 Å². The molecule has 1 N–H and O–H groups in total. The van der Waals surface area contributed by atoms with Crippen LogP contribution < -0.4 is 10.2 Å². The number of amides is 2. The summed E-state index contributed by atoms with van der Waals surface area (Å²) in [6, 6.07) is 17.5. The van der Waals surface area contributed by atoms with Crippen molar-refractivity contribution < 1.29 is 9.59 Å². The highest BCUT2D eigenvalue weighted by molar-refractivity contribution is 8.04. The second-order valence-electron chi connectivity index (χ2n) is 6.78. The van der Waals surface area contributed by atoms with E-state index in [1.165, 1.54) is 11.8 Å². The van der Waals surface area contributed by atoms with Crippen molar-refractivity contribution in [3.63, 3.8) is 0 Å². The number of rotatable bonds is 4. The van der Waals surface area contributed by atoms with Gasteiger partial charge in [-0.05, 0) is 53.8 Å². The van der Waals surface area contributed by atoms with E-state index in [-0.39, 0.29) is 11.8 Å². The Morgan fingerprint density at radius 2 is 1.97 bits per heavy atom. The molecule has 146 valence electrons. The summed E-state index contributed by atoms with van der Waals surface area (Å²) in [5.74, 6) is -0.213. The normalized spacial score (nSPS) is 14.8. The van der Waals surface area contributed by atoms with Crippen LogP contribution in [0.5, 0.6) is 0 Å². The van der Waals surface area contributed by atoms with Gasteiger partial charge in [0, 0.05) is 22.4 Å². The van der Waals surface area contributed by atoms with Crippen molar-refractivity contribution in [3.8, 4) is 0 Å². The van der Waals surface area contributed by atoms with E-state index in [0.29, 0.717) is 17.0 Å². The van der Waals surface area contributed by atoms with Crippen LogP contribution in [-0.2, 0) is 11.3 Å². The zero-order chi connectivity index (χ0) is 20.4. The van der Waals surface area contributed by atoms with E-state index in [2.05, 4.69) is 5.32 Å². The fraction of sp³-hybridized carbons (Fsp3) is 0.130. The lowest BCUT2D eigenvalue weighted by Crippen LogP contribution is -2.31. The molecular formula is C23H20N2O2S2. The highest BCUT2D eigenvalue weighted by Crippen LogP contribution is 2.42. The Labute approximate surface area is 178 Å². The van der Waals surface area contributed by atoms with Gasteiger partial charge in [-0.1, -0.05) is 42.1 Å². The Morgan fingerprint density at radius 3 is 2.72 bits per heavy atom. The Morgan fingerprint density at radius 1 is 1.14 bits per heavy atom. The third-order valence-electron chi connectivity index (χ3n) is 4.80. The van der Waals surface area contributed by atoms with Crippen LogP contribution >= 0.6 is 23.1 Å². The molecule has 2 amide bonds. The number of nitrogens with zero attached hydrogens (tertiary/aromatic N) is 1. The number of aryl methyl sites for hydroxylation is 1. The van der Waals surface area contributed by atoms with Gasteiger partial charge in [0.15, 0.2) is 0 Å². The first kappa shape index (κ1) is 19.5. The number of thioether (sulfide) groups is 1. The van der Waals surface area contributed by atoms with Crippen LogP contribution in [0.3, 0.4) is 0 Å². The number of likely N-dealkylation sites (N-methyl/N-ethyl adjacent to an activating group) is 1. The first-order valence-corrected chi connectivity index (χ1v) is 10.9. The minimum atomic E-state index is -0.145. The van der Waals surface area contributed by atoms with Gasteiger partial charge < -0.3 is 10.2 Å². The summed E-state index contributed by atoms with van der Waals surface area (Å²) in [6.07, 6.45) is 1.93. The molecule has 1 aromatic heterocycles. The average Bonchev–Trinajstić information content (AvgIpc) is 3.25. The number of nitrogens with one attached hydrogen (secondary N) is 1. The standard InChI is InChI=1S/C23H20N2O2S2/c1-15-6-3-4-7-16(15)13-21-23(27)25(2)19-12-17(9-10-20(19)29-21)22(26)24-14-18-8-5-11-28-18/h3-13H,14H2,1-2H3,(H,24,26)/b21-13-. The molecule has 1 aliphatic rings. The van der Waals surface area contributed by atoms with Crippen molar-refractivity contribution in [1.29, 1.82) is 0 Å². The Bertz CT molecular complexity index is 1100. The molecule has 0 fully saturated rings. The topological polar surface area (TPSA) is 49.4 Å². The summed E-state index contributed by atoms with van der Waals surface area (Å²) in [5, 5.41) is 4.92. The lowest BCUT2D eigenvalue weighted by molar-refractivity contribution is -0.114. The van der Waals surface area contributed by atoms with E-state index in [4.69, 9.17) is 0 Å². The van der Waals surface area contributed by atoms with Gasteiger partial charge in [0.2, 0.25) is 0 Å². The number of carbonyl (C=O) groups is 2. The largest absolute Gasteiger partial charge is 0.347 e. The van der Waals surface area contributed by atoms with Gasteiger partial charge in [0.1, 0.15) is 0 Å². The average molecular weight is 421 g/mol. The number of fused-ring (bicyclic) bond motifs is 1. The molecule has 0 bridgehead atoms. The highest BCUT2D eigenvalue weighted by Gasteiger charge is 2.27. The van der Waals surface area contributed by atoms with Crippen molar-refractivity contribution >= 4 is 46.7 Å². The zero-order valence-electron chi connectivity index (χ0n) is 16.1. The molecule has 0 spiro atoms. The first-order chi connectivity index (χ1) is 14.0. The first-order valence-electron chi connectivity index (χ1n) is 9.21. The van der Waals surface area contributed by atoms with E-state index in [0.717, 1.165) is 26.6 Å². The molecule has 2 aromatic carbocycles.